The first kappa shape index (κ1) is 23.0. The number of anilines is 1. The molecule has 9 nitrogen and oxygen atoms in total. The number of benzene rings is 1. The van der Waals surface area contributed by atoms with Crippen LogP contribution in [-0.2, 0) is 23.1 Å². The highest BCUT2D eigenvalue weighted by Gasteiger charge is 2.33. The van der Waals surface area contributed by atoms with Crippen LogP contribution in [0.3, 0.4) is 0 Å². The maximum Gasteiger partial charge on any atom is 0.416 e. The van der Waals surface area contributed by atoms with Crippen molar-refractivity contribution >= 4 is 17.3 Å². The van der Waals surface area contributed by atoms with Gasteiger partial charge in [-0.05, 0) is 45.4 Å². The number of nitrogens with one attached hydrogen (secondary N) is 1. The zero-order valence-corrected chi connectivity index (χ0v) is 17.8. The van der Waals surface area contributed by atoms with E-state index in [-0.39, 0.29) is 12.2 Å². The molecule has 0 aliphatic rings. The Bertz CT molecular complexity index is 1180. The van der Waals surface area contributed by atoms with E-state index in [0.29, 0.717) is 22.6 Å². The van der Waals surface area contributed by atoms with Crippen molar-refractivity contribution in [1.29, 1.82) is 0 Å². The van der Waals surface area contributed by atoms with Gasteiger partial charge in [0.2, 0.25) is 0 Å². The van der Waals surface area contributed by atoms with Crippen LogP contribution in [0.5, 0.6) is 0 Å². The smallest absolute Gasteiger partial charge is 0.321 e. The molecule has 0 fully saturated rings. The molecule has 12 heteroatoms. The summed E-state index contributed by atoms with van der Waals surface area (Å²) in [6.07, 6.45) is -2.23. The number of carbonyl (C=O) groups is 1. The van der Waals surface area contributed by atoms with E-state index in [0.717, 1.165) is 24.5 Å². The van der Waals surface area contributed by atoms with Crippen molar-refractivity contribution in [1.82, 2.24) is 19.6 Å². The van der Waals surface area contributed by atoms with Gasteiger partial charge >= 0.3 is 11.9 Å². The van der Waals surface area contributed by atoms with Crippen molar-refractivity contribution in [2.45, 2.75) is 46.0 Å². The van der Waals surface area contributed by atoms with Crippen molar-refractivity contribution in [3.05, 3.63) is 69.3 Å². The van der Waals surface area contributed by atoms with E-state index in [2.05, 4.69) is 15.5 Å². The summed E-state index contributed by atoms with van der Waals surface area (Å²) < 4.78 is 41.6. The molecular weight excluding hydrogens is 429 g/mol. The Labute approximate surface area is 181 Å². The van der Waals surface area contributed by atoms with Crippen LogP contribution in [0.15, 0.2) is 36.7 Å². The van der Waals surface area contributed by atoms with Gasteiger partial charge in [0.1, 0.15) is 17.9 Å². The highest BCUT2D eigenvalue weighted by Crippen LogP contribution is 2.30. The zero-order valence-electron chi connectivity index (χ0n) is 17.8. The van der Waals surface area contributed by atoms with Gasteiger partial charge in [0.15, 0.2) is 0 Å². The van der Waals surface area contributed by atoms with Crippen molar-refractivity contribution in [3.63, 3.8) is 0 Å². The number of alkyl halides is 3. The summed E-state index contributed by atoms with van der Waals surface area (Å²) >= 11 is 0. The molecule has 3 rings (SSSR count). The molecule has 32 heavy (non-hydrogen) atoms. The normalized spacial score (nSPS) is 12.1. The molecule has 0 spiro atoms. The molecule has 0 unspecified atom stereocenters. The number of rotatable bonds is 6. The van der Waals surface area contributed by atoms with Crippen LogP contribution in [-0.4, -0.2) is 30.4 Å². The van der Waals surface area contributed by atoms with Gasteiger partial charge in [-0.25, -0.2) is 0 Å². The van der Waals surface area contributed by atoms with Crippen LogP contribution >= 0.6 is 0 Å². The predicted molar refractivity (Wildman–Crippen MR) is 109 cm³/mol. The predicted octanol–water partition coefficient (Wildman–Crippen LogP) is 4.05. The lowest BCUT2D eigenvalue weighted by Crippen LogP contribution is -2.40. The van der Waals surface area contributed by atoms with Gasteiger partial charge in [-0.1, -0.05) is 12.1 Å². The average Bonchev–Trinajstić information content (AvgIpc) is 3.30. The van der Waals surface area contributed by atoms with Crippen molar-refractivity contribution in [2.24, 2.45) is 0 Å². The molecule has 0 saturated heterocycles. The summed E-state index contributed by atoms with van der Waals surface area (Å²) in [6.45, 7) is 6.54. The number of carbonyl (C=O) groups excluding carboxylic acids is 1. The molecule has 0 radical (unpaired) electrons. The van der Waals surface area contributed by atoms with Crippen molar-refractivity contribution < 1.29 is 22.9 Å². The van der Waals surface area contributed by atoms with Crippen LogP contribution in [0.2, 0.25) is 0 Å². The lowest BCUT2D eigenvalue weighted by molar-refractivity contribution is -0.385. The minimum Gasteiger partial charge on any atom is -0.321 e. The third-order valence-electron chi connectivity index (χ3n) is 5.11. The lowest BCUT2D eigenvalue weighted by atomic mass is 10.0. The number of aryl methyl sites for hydroxylation is 1. The number of halogens is 3. The summed E-state index contributed by atoms with van der Waals surface area (Å²) in [4.78, 5) is 23.2. The second-order valence-electron chi connectivity index (χ2n) is 7.81. The molecule has 0 bridgehead atoms. The lowest BCUT2D eigenvalue weighted by Gasteiger charge is -2.24. The highest BCUT2D eigenvalue weighted by atomic mass is 19.4. The number of nitrogens with zero attached hydrogens (tertiary/aromatic N) is 5. The molecule has 0 aliphatic carbocycles. The third kappa shape index (κ3) is 4.48. The first-order valence-electron chi connectivity index (χ1n) is 9.52. The topological polar surface area (TPSA) is 108 Å². The SMILES string of the molecule is Cc1nn(Cc2cccc(C(F)(F)F)c2)c(C)c1NC(=O)C(C)(C)n1cc([N+](=O)[O-])cn1. The van der Waals surface area contributed by atoms with E-state index in [1.54, 1.807) is 33.8 Å². The van der Waals surface area contributed by atoms with Gasteiger partial charge in [-0.3, -0.25) is 24.3 Å². The highest BCUT2D eigenvalue weighted by molar-refractivity contribution is 5.97. The summed E-state index contributed by atoms with van der Waals surface area (Å²) in [5.41, 5.74) is -0.395. The molecule has 170 valence electrons. The number of aromatic nitrogens is 4. The second-order valence-corrected chi connectivity index (χ2v) is 7.81. The minimum absolute atomic E-state index is 0.0845. The van der Waals surface area contributed by atoms with E-state index in [1.165, 1.54) is 15.4 Å². The Morgan fingerprint density at radius 2 is 1.94 bits per heavy atom. The van der Waals surface area contributed by atoms with Crippen molar-refractivity contribution in [2.75, 3.05) is 5.32 Å². The van der Waals surface area contributed by atoms with Crippen LogP contribution in [0.25, 0.3) is 0 Å². The molecule has 0 atom stereocenters. The Kier molecular flexibility index (Phi) is 5.81. The molecule has 0 aliphatic heterocycles. The van der Waals surface area contributed by atoms with E-state index in [4.69, 9.17) is 0 Å². The fourth-order valence-corrected chi connectivity index (χ4v) is 3.13. The van der Waals surface area contributed by atoms with Crippen LogP contribution in [0, 0.1) is 24.0 Å². The number of nitro groups is 1. The monoisotopic (exact) mass is 450 g/mol. The Morgan fingerprint density at radius 1 is 1.25 bits per heavy atom. The van der Waals surface area contributed by atoms with Gasteiger partial charge in [-0.2, -0.15) is 23.4 Å². The Hall–Kier alpha value is -3.70. The first-order valence-corrected chi connectivity index (χ1v) is 9.52. The fourth-order valence-electron chi connectivity index (χ4n) is 3.13. The Balaban J connectivity index is 1.83. The Morgan fingerprint density at radius 3 is 2.53 bits per heavy atom. The molecule has 1 amide bonds. The standard InChI is InChI=1S/C20H21F3N6O3/c1-12-17(25-18(30)19(3,4)28-11-16(9-24-28)29(31)32)13(2)27(26-12)10-14-6-5-7-15(8-14)20(21,22)23/h5-9,11H,10H2,1-4H3,(H,25,30). The summed E-state index contributed by atoms with van der Waals surface area (Å²) in [6, 6.07) is 4.95. The average molecular weight is 450 g/mol. The van der Waals surface area contributed by atoms with Gasteiger partial charge in [0.05, 0.1) is 34.1 Å². The molecular formula is C20H21F3N6O3. The van der Waals surface area contributed by atoms with Crippen LogP contribution < -0.4 is 5.32 Å². The van der Waals surface area contributed by atoms with Gasteiger partial charge in [0, 0.05) is 0 Å². The zero-order chi connectivity index (χ0) is 23.8. The third-order valence-corrected chi connectivity index (χ3v) is 5.11. The van der Waals surface area contributed by atoms with E-state index in [9.17, 15) is 28.1 Å². The molecule has 2 aromatic heterocycles. The van der Waals surface area contributed by atoms with Gasteiger partial charge < -0.3 is 5.32 Å². The van der Waals surface area contributed by atoms with E-state index >= 15 is 0 Å². The largest absolute Gasteiger partial charge is 0.416 e. The summed E-state index contributed by atoms with van der Waals surface area (Å²) in [5, 5.41) is 21.9. The molecule has 1 aromatic carbocycles. The van der Waals surface area contributed by atoms with Crippen LogP contribution in [0.4, 0.5) is 24.5 Å². The van der Waals surface area contributed by atoms with Crippen LogP contribution in [0.1, 0.15) is 36.4 Å². The van der Waals surface area contributed by atoms with E-state index < -0.39 is 28.1 Å². The number of hydrogen-bond acceptors (Lipinski definition) is 5. The maximum absolute atomic E-state index is 13.0. The van der Waals surface area contributed by atoms with Gasteiger partial charge in [-0.15, -0.1) is 0 Å². The second kappa shape index (κ2) is 8.09. The maximum atomic E-state index is 13.0. The van der Waals surface area contributed by atoms with Gasteiger partial charge in [0.25, 0.3) is 5.91 Å². The molecule has 1 N–H and O–H groups in total. The number of hydrogen-bond donors (Lipinski definition) is 1. The minimum atomic E-state index is -4.45. The molecule has 0 saturated carbocycles. The first-order chi connectivity index (χ1) is 14.8. The van der Waals surface area contributed by atoms with E-state index in [1.807, 2.05) is 0 Å². The fraction of sp³-hybridized carbons (Fsp3) is 0.350. The quantitative estimate of drug-likeness (QED) is 0.450. The summed E-state index contributed by atoms with van der Waals surface area (Å²) in [5.74, 6) is -0.486. The molecule has 2 heterocycles. The number of amides is 1. The van der Waals surface area contributed by atoms with Crippen molar-refractivity contribution in [3.8, 4) is 0 Å². The molecule has 3 aromatic rings. The summed E-state index contributed by atoms with van der Waals surface area (Å²) in [7, 11) is 0.